The second-order valence-corrected chi connectivity index (χ2v) is 8.73. The summed E-state index contributed by atoms with van der Waals surface area (Å²) in [5.74, 6) is 0. The minimum absolute atomic E-state index is 0.0130. The molecular formula is C25H28N4O. The molecule has 0 saturated carbocycles. The maximum absolute atomic E-state index is 12.9. The number of carbonyl (C=O) groups excluding carboxylic acids is 1. The summed E-state index contributed by atoms with van der Waals surface area (Å²) in [7, 11) is 0. The van der Waals surface area contributed by atoms with Crippen LogP contribution in [-0.4, -0.2) is 28.6 Å². The highest BCUT2D eigenvalue weighted by molar-refractivity contribution is 5.90. The van der Waals surface area contributed by atoms with Gasteiger partial charge < -0.3 is 20.1 Å². The second kappa shape index (κ2) is 6.94. The highest BCUT2D eigenvalue weighted by Crippen LogP contribution is 2.43. The summed E-state index contributed by atoms with van der Waals surface area (Å²) in [6, 6.07) is 17.0. The fraction of sp³-hybridized carbons (Fsp3) is 0.320. The van der Waals surface area contributed by atoms with E-state index in [0.29, 0.717) is 0 Å². The van der Waals surface area contributed by atoms with Crippen LogP contribution in [0.15, 0.2) is 54.7 Å². The third-order valence-electron chi connectivity index (χ3n) is 6.56. The Kier molecular flexibility index (Phi) is 4.35. The van der Waals surface area contributed by atoms with Crippen LogP contribution in [0.1, 0.15) is 35.2 Å². The van der Waals surface area contributed by atoms with Crippen molar-refractivity contribution in [3.8, 4) is 5.69 Å². The predicted molar refractivity (Wildman–Crippen MR) is 122 cm³/mol. The minimum Gasteiger partial charge on any atom is -0.372 e. The zero-order chi connectivity index (χ0) is 20.9. The summed E-state index contributed by atoms with van der Waals surface area (Å²) in [6.45, 7) is 7.63. The van der Waals surface area contributed by atoms with Crippen molar-refractivity contribution in [2.45, 2.75) is 39.2 Å². The van der Waals surface area contributed by atoms with Gasteiger partial charge in [-0.3, -0.25) is 0 Å². The van der Waals surface area contributed by atoms with Gasteiger partial charge in [0.05, 0.1) is 16.9 Å². The molecule has 1 aromatic heterocycles. The fourth-order valence-electron chi connectivity index (χ4n) is 4.80. The molecule has 1 spiro atoms. The van der Waals surface area contributed by atoms with Gasteiger partial charge in [-0.25, -0.2) is 4.79 Å². The molecule has 154 valence electrons. The van der Waals surface area contributed by atoms with Crippen molar-refractivity contribution >= 4 is 17.4 Å². The van der Waals surface area contributed by atoms with Gasteiger partial charge in [-0.15, -0.1) is 0 Å². The third-order valence-corrected chi connectivity index (χ3v) is 6.56. The van der Waals surface area contributed by atoms with Crippen molar-refractivity contribution in [1.29, 1.82) is 0 Å². The first kappa shape index (κ1) is 18.8. The Morgan fingerprint density at radius 1 is 1.00 bits per heavy atom. The fourth-order valence-corrected chi connectivity index (χ4v) is 4.80. The van der Waals surface area contributed by atoms with Crippen LogP contribution in [-0.2, 0) is 5.54 Å². The molecule has 5 nitrogen and oxygen atoms in total. The average Bonchev–Trinajstić information content (AvgIpc) is 3.22. The van der Waals surface area contributed by atoms with Crippen molar-refractivity contribution < 1.29 is 4.79 Å². The number of nitrogens with one attached hydrogen (secondary N) is 2. The number of rotatable bonds is 1. The number of aryl methyl sites for hydroxylation is 3. The summed E-state index contributed by atoms with van der Waals surface area (Å²) in [5.41, 5.74) is 7.89. The van der Waals surface area contributed by atoms with E-state index in [1.165, 1.54) is 22.6 Å². The Hall–Kier alpha value is -3.21. The van der Waals surface area contributed by atoms with Crippen LogP contribution in [0, 0.1) is 20.8 Å². The number of hydrogen-bond donors (Lipinski definition) is 2. The van der Waals surface area contributed by atoms with Crippen LogP contribution in [0.4, 0.5) is 16.2 Å². The molecule has 2 aliphatic heterocycles. The SMILES string of the molecule is Cc1ccc(C)c(NC(=O)N2CCC3(CC2)Nc2cc(C)ccc2-n2cccc23)c1. The van der Waals surface area contributed by atoms with Crippen molar-refractivity contribution in [3.63, 3.8) is 0 Å². The summed E-state index contributed by atoms with van der Waals surface area (Å²) >= 11 is 0. The van der Waals surface area contributed by atoms with E-state index in [1.807, 2.05) is 24.8 Å². The van der Waals surface area contributed by atoms with Gasteiger partial charge in [-0.1, -0.05) is 18.2 Å². The maximum Gasteiger partial charge on any atom is 0.321 e. The molecule has 2 N–H and O–H groups in total. The van der Waals surface area contributed by atoms with Gasteiger partial charge in [-0.2, -0.15) is 0 Å². The summed E-state index contributed by atoms with van der Waals surface area (Å²) in [4.78, 5) is 14.9. The van der Waals surface area contributed by atoms with Gasteiger partial charge in [0, 0.05) is 30.7 Å². The summed E-state index contributed by atoms with van der Waals surface area (Å²) < 4.78 is 2.30. The van der Waals surface area contributed by atoms with E-state index in [1.54, 1.807) is 0 Å². The Morgan fingerprint density at radius 2 is 1.73 bits per heavy atom. The number of hydrogen-bond acceptors (Lipinski definition) is 2. The Bertz CT molecular complexity index is 1120. The molecule has 0 aliphatic carbocycles. The first-order valence-corrected chi connectivity index (χ1v) is 10.7. The van der Waals surface area contributed by atoms with Gasteiger partial charge in [0.25, 0.3) is 0 Å². The number of fused-ring (bicyclic) bond motifs is 4. The molecule has 2 amide bonds. The lowest BCUT2D eigenvalue weighted by molar-refractivity contribution is 0.174. The first-order valence-electron chi connectivity index (χ1n) is 10.7. The van der Waals surface area contributed by atoms with Gasteiger partial charge >= 0.3 is 6.03 Å². The summed E-state index contributed by atoms with van der Waals surface area (Å²) in [6.07, 6.45) is 3.90. The largest absolute Gasteiger partial charge is 0.372 e. The molecular weight excluding hydrogens is 372 g/mol. The first-order chi connectivity index (χ1) is 14.4. The van der Waals surface area contributed by atoms with Crippen molar-refractivity contribution in [2.75, 3.05) is 23.7 Å². The predicted octanol–water partition coefficient (Wildman–Crippen LogP) is 5.35. The van der Waals surface area contributed by atoms with Crippen LogP contribution in [0.3, 0.4) is 0 Å². The normalized spacial score (nSPS) is 16.6. The van der Waals surface area contributed by atoms with Crippen LogP contribution >= 0.6 is 0 Å². The van der Waals surface area contributed by atoms with E-state index >= 15 is 0 Å². The molecule has 0 atom stereocenters. The van der Waals surface area contributed by atoms with Crippen LogP contribution in [0.5, 0.6) is 0 Å². The number of piperidine rings is 1. The van der Waals surface area contributed by atoms with Gasteiger partial charge in [0.1, 0.15) is 0 Å². The monoisotopic (exact) mass is 400 g/mol. The Labute approximate surface area is 177 Å². The highest BCUT2D eigenvalue weighted by atomic mass is 16.2. The molecule has 5 heteroatoms. The maximum atomic E-state index is 12.9. The van der Waals surface area contributed by atoms with E-state index in [2.05, 4.69) is 70.8 Å². The molecule has 2 aliphatic rings. The Morgan fingerprint density at radius 3 is 2.53 bits per heavy atom. The summed E-state index contributed by atoms with van der Waals surface area (Å²) in [5, 5.41) is 6.95. The number of benzene rings is 2. The molecule has 0 radical (unpaired) electrons. The van der Waals surface area contributed by atoms with Crippen LogP contribution in [0.2, 0.25) is 0 Å². The van der Waals surface area contributed by atoms with Crippen LogP contribution in [0.25, 0.3) is 5.69 Å². The van der Waals surface area contributed by atoms with E-state index in [0.717, 1.165) is 42.7 Å². The smallest absolute Gasteiger partial charge is 0.321 e. The molecule has 2 aromatic carbocycles. The molecule has 0 unspecified atom stereocenters. The average molecular weight is 401 g/mol. The number of urea groups is 1. The van der Waals surface area contributed by atoms with E-state index in [9.17, 15) is 4.79 Å². The molecule has 5 rings (SSSR count). The van der Waals surface area contributed by atoms with Gasteiger partial charge in [-0.05, 0) is 80.6 Å². The lowest BCUT2D eigenvalue weighted by Crippen LogP contribution is -2.51. The van der Waals surface area contributed by atoms with Crippen LogP contribution < -0.4 is 10.6 Å². The van der Waals surface area contributed by atoms with Gasteiger partial charge in [0.2, 0.25) is 0 Å². The number of amides is 2. The molecule has 3 heterocycles. The standard InChI is InChI=1S/C25H28N4O/c1-17-6-8-19(3)20(15-17)26-24(30)28-13-10-25(11-14-28)23-5-4-12-29(23)22-9-7-18(2)16-21(22)27-25/h4-9,12,15-16,27H,10-11,13-14H2,1-3H3,(H,26,30). The van der Waals surface area contributed by atoms with Gasteiger partial charge in [0.15, 0.2) is 0 Å². The Balaban J connectivity index is 1.35. The van der Waals surface area contributed by atoms with E-state index < -0.39 is 0 Å². The van der Waals surface area contributed by atoms with Crippen molar-refractivity contribution in [2.24, 2.45) is 0 Å². The molecule has 1 fully saturated rings. The molecule has 3 aromatic rings. The number of aromatic nitrogens is 1. The van der Waals surface area contributed by atoms with Crippen molar-refractivity contribution in [1.82, 2.24) is 9.47 Å². The zero-order valence-electron chi connectivity index (χ0n) is 17.8. The second-order valence-electron chi connectivity index (χ2n) is 8.73. The molecule has 0 bridgehead atoms. The molecule has 30 heavy (non-hydrogen) atoms. The quantitative estimate of drug-likeness (QED) is 0.578. The minimum atomic E-state index is -0.139. The lowest BCUT2D eigenvalue weighted by Gasteiger charge is -2.46. The van der Waals surface area contributed by atoms with E-state index in [4.69, 9.17) is 0 Å². The van der Waals surface area contributed by atoms with Crippen molar-refractivity contribution in [3.05, 3.63) is 77.1 Å². The topological polar surface area (TPSA) is 49.3 Å². The molecule has 1 saturated heterocycles. The van der Waals surface area contributed by atoms with E-state index in [-0.39, 0.29) is 11.6 Å². The highest BCUT2D eigenvalue weighted by Gasteiger charge is 2.42. The number of anilines is 2. The zero-order valence-corrected chi connectivity index (χ0v) is 17.8. The lowest BCUT2D eigenvalue weighted by atomic mass is 9.82. The third kappa shape index (κ3) is 3.05. The number of carbonyl (C=O) groups is 1. The number of likely N-dealkylation sites (tertiary alicyclic amines) is 1. The number of nitrogens with zero attached hydrogens (tertiary/aromatic N) is 2.